The number of thioether (sulfide) groups is 1. The van der Waals surface area contributed by atoms with Crippen LogP contribution >= 0.6 is 27.7 Å². The molecular weight excluding hydrogens is 543 g/mol. The molecule has 0 aliphatic carbocycles. The summed E-state index contributed by atoms with van der Waals surface area (Å²) in [6.07, 6.45) is -3.62. The highest BCUT2D eigenvalue weighted by atomic mass is 79.9. The Hall–Kier alpha value is -1.84. The van der Waals surface area contributed by atoms with Crippen LogP contribution in [0.4, 0.5) is 13.2 Å². The van der Waals surface area contributed by atoms with E-state index in [2.05, 4.69) is 21.2 Å². The standard InChI is InChI=1S/C23H25BrF3NO2S.C2H6.CH4O/c1-15-13-19(14-16(2)21(15)24)31-20(5-3-10-23(25,26)27)17-6-8-18(9-7-17)22(30)28-11-4-12-29;2*1-2/h6-9,12-14,20H,3-5,10-11H2,1-2H3,(H,28,30);1-2H3;2H,1H3. The van der Waals surface area contributed by atoms with E-state index >= 15 is 0 Å². The number of aliphatic hydroxyl groups excluding tert-OH is 1. The lowest BCUT2D eigenvalue weighted by molar-refractivity contribution is -0.135. The van der Waals surface area contributed by atoms with E-state index in [1.807, 2.05) is 39.8 Å². The van der Waals surface area contributed by atoms with Gasteiger partial charge in [-0.05, 0) is 67.6 Å². The molecule has 0 bridgehead atoms. The molecule has 1 unspecified atom stereocenters. The predicted molar refractivity (Wildman–Crippen MR) is 141 cm³/mol. The topological polar surface area (TPSA) is 66.4 Å². The van der Waals surface area contributed by atoms with Crippen LogP contribution in [0, 0.1) is 13.8 Å². The fourth-order valence-corrected chi connectivity index (χ4v) is 4.74. The highest BCUT2D eigenvalue weighted by molar-refractivity contribution is 9.10. The molecule has 0 radical (unpaired) electrons. The number of aryl methyl sites for hydroxylation is 2. The molecule has 1 amide bonds. The quantitative estimate of drug-likeness (QED) is 0.173. The molecule has 0 fully saturated rings. The lowest BCUT2D eigenvalue weighted by Crippen LogP contribution is -2.24. The van der Waals surface area contributed by atoms with Gasteiger partial charge in [0.15, 0.2) is 0 Å². The smallest absolute Gasteiger partial charge is 0.389 e. The van der Waals surface area contributed by atoms with Gasteiger partial charge < -0.3 is 15.2 Å². The Bertz CT molecular complexity index is 883. The lowest BCUT2D eigenvalue weighted by atomic mass is 10.0. The molecule has 35 heavy (non-hydrogen) atoms. The molecule has 0 aliphatic rings. The number of carbonyl (C=O) groups is 2. The zero-order valence-electron chi connectivity index (χ0n) is 20.8. The van der Waals surface area contributed by atoms with Crippen molar-refractivity contribution in [2.75, 3.05) is 13.7 Å². The maximum atomic E-state index is 12.7. The first-order valence-corrected chi connectivity index (χ1v) is 13.0. The second kappa shape index (κ2) is 17.6. The summed E-state index contributed by atoms with van der Waals surface area (Å²) in [5.74, 6) is -0.283. The minimum Gasteiger partial charge on any atom is -0.400 e. The number of alkyl halides is 3. The van der Waals surface area contributed by atoms with Crippen molar-refractivity contribution in [3.8, 4) is 0 Å². The molecule has 2 rings (SSSR count). The summed E-state index contributed by atoms with van der Waals surface area (Å²) in [6, 6.07) is 11.0. The van der Waals surface area contributed by atoms with Gasteiger partial charge >= 0.3 is 6.18 Å². The molecule has 1 atom stereocenters. The maximum absolute atomic E-state index is 12.7. The molecule has 0 spiro atoms. The molecule has 0 heterocycles. The zero-order chi connectivity index (χ0) is 27.0. The normalized spacial score (nSPS) is 11.4. The highest BCUT2D eigenvalue weighted by Crippen LogP contribution is 2.41. The van der Waals surface area contributed by atoms with E-state index in [1.54, 1.807) is 24.3 Å². The van der Waals surface area contributed by atoms with Crippen LogP contribution in [0.1, 0.15) is 71.8 Å². The third-order valence-corrected chi connectivity index (χ3v) is 7.26. The van der Waals surface area contributed by atoms with Gasteiger partial charge in [-0.1, -0.05) is 41.9 Å². The zero-order valence-corrected chi connectivity index (χ0v) is 23.2. The monoisotopic (exact) mass is 577 g/mol. The van der Waals surface area contributed by atoms with Crippen molar-refractivity contribution in [2.45, 2.75) is 69.7 Å². The minimum atomic E-state index is -4.18. The van der Waals surface area contributed by atoms with Gasteiger partial charge in [-0.25, -0.2) is 0 Å². The predicted octanol–water partition coefficient (Wildman–Crippen LogP) is 7.59. The largest absolute Gasteiger partial charge is 0.400 e. The van der Waals surface area contributed by atoms with Gasteiger partial charge in [0.2, 0.25) is 0 Å². The first-order chi connectivity index (χ1) is 16.6. The van der Waals surface area contributed by atoms with Gasteiger partial charge in [-0.15, -0.1) is 11.8 Å². The number of carbonyl (C=O) groups excluding carboxylic acids is 2. The summed E-state index contributed by atoms with van der Waals surface area (Å²) in [5.41, 5.74) is 3.46. The summed E-state index contributed by atoms with van der Waals surface area (Å²) >= 11 is 5.07. The highest BCUT2D eigenvalue weighted by Gasteiger charge is 2.27. The van der Waals surface area contributed by atoms with Crippen molar-refractivity contribution in [3.63, 3.8) is 0 Å². The number of aldehydes is 1. The number of amides is 1. The van der Waals surface area contributed by atoms with E-state index in [-0.39, 0.29) is 30.5 Å². The molecule has 0 aromatic heterocycles. The van der Waals surface area contributed by atoms with E-state index in [0.29, 0.717) is 12.0 Å². The van der Waals surface area contributed by atoms with Gasteiger partial charge in [0.1, 0.15) is 6.29 Å². The van der Waals surface area contributed by atoms with Crippen molar-refractivity contribution in [1.82, 2.24) is 5.32 Å². The number of rotatable bonds is 10. The fourth-order valence-electron chi connectivity index (χ4n) is 3.12. The molecule has 0 saturated carbocycles. The van der Waals surface area contributed by atoms with Crippen molar-refractivity contribution in [2.24, 2.45) is 0 Å². The molecule has 0 saturated heterocycles. The molecule has 2 aromatic carbocycles. The van der Waals surface area contributed by atoms with Crippen LogP contribution in [0.15, 0.2) is 45.8 Å². The first kappa shape index (κ1) is 33.2. The van der Waals surface area contributed by atoms with Crippen molar-refractivity contribution in [3.05, 3.63) is 63.1 Å². The Morgan fingerprint density at radius 2 is 1.66 bits per heavy atom. The van der Waals surface area contributed by atoms with Gasteiger partial charge in [-0.3, -0.25) is 4.79 Å². The van der Waals surface area contributed by atoms with E-state index in [0.717, 1.165) is 39.5 Å². The second-order valence-electron chi connectivity index (χ2n) is 7.32. The van der Waals surface area contributed by atoms with Crippen LogP contribution in [0.25, 0.3) is 0 Å². The maximum Gasteiger partial charge on any atom is 0.389 e. The first-order valence-electron chi connectivity index (χ1n) is 11.4. The number of nitrogens with one attached hydrogen (secondary N) is 1. The van der Waals surface area contributed by atoms with E-state index in [9.17, 15) is 22.8 Å². The number of hydrogen-bond donors (Lipinski definition) is 2. The molecule has 9 heteroatoms. The Labute approximate surface area is 219 Å². The van der Waals surface area contributed by atoms with Gasteiger partial charge in [-0.2, -0.15) is 13.2 Å². The van der Waals surface area contributed by atoms with Crippen molar-refractivity contribution >= 4 is 39.9 Å². The summed E-state index contributed by atoms with van der Waals surface area (Å²) in [7, 11) is 1.00. The number of hydrogen-bond acceptors (Lipinski definition) is 4. The summed E-state index contributed by atoms with van der Waals surface area (Å²) in [6.45, 7) is 8.23. The molecular formula is C26H35BrF3NO3S. The molecule has 196 valence electrons. The SMILES string of the molecule is CC.CO.Cc1cc(SC(CCCC(F)(F)F)c2ccc(C(=O)NCCC=O)cc2)cc(C)c1Br. The van der Waals surface area contributed by atoms with Crippen LogP contribution in [0.3, 0.4) is 0 Å². The second-order valence-corrected chi connectivity index (χ2v) is 9.39. The average molecular weight is 579 g/mol. The van der Waals surface area contributed by atoms with Crippen molar-refractivity contribution < 1.29 is 27.9 Å². The third kappa shape index (κ3) is 12.6. The fraction of sp³-hybridized carbons (Fsp3) is 0.462. The summed E-state index contributed by atoms with van der Waals surface area (Å²) in [4.78, 5) is 23.5. The minimum absolute atomic E-state index is 0.0313. The number of halogens is 4. The van der Waals surface area contributed by atoms with Crippen LogP contribution < -0.4 is 5.32 Å². The molecule has 2 aromatic rings. The average Bonchev–Trinajstić information content (AvgIpc) is 2.84. The Morgan fingerprint density at radius 1 is 1.11 bits per heavy atom. The van der Waals surface area contributed by atoms with Gasteiger partial charge in [0.25, 0.3) is 5.91 Å². The molecule has 0 aliphatic heterocycles. The van der Waals surface area contributed by atoms with Crippen molar-refractivity contribution in [1.29, 1.82) is 0 Å². The van der Waals surface area contributed by atoms with Gasteiger partial charge in [0, 0.05) is 46.7 Å². The van der Waals surface area contributed by atoms with E-state index in [1.165, 1.54) is 11.8 Å². The Kier molecular flexibility index (Phi) is 16.6. The Morgan fingerprint density at radius 3 is 2.14 bits per heavy atom. The van der Waals surface area contributed by atoms with Crippen LogP contribution in [0.5, 0.6) is 0 Å². The molecule has 4 nitrogen and oxygen atoms in total. The summed E-state index contributed by atoms with van der Waals surface area (Å²) < 4.78 is 39.1. The number of aliphatic hydroxyl groups is 1. The van der Waals surface area contributed by atoms with Crippen LogP contribution in [0.2, 0.25) is 0 Å². The van der Waals surface area contributed by atoms with Crippen LogP contribution in [-0.4, -0.2) is 37.1 Å². The Balaban J connectivity index is 0.00000274. The van der Waals surface area contributed by atoms with Crippen LogP contribution in [-0.2, 0) is 4.79 Å². The lowest BCUT2D eigenvalue weighted by Gasteiger charge is -2.19. The third-order valence-electron chi connectivity index (χ3n) is 4.71. The molecule has 2 N–H and O–H groups in total. The summed E-state index contributed by atoms with van der Waals surface area (Å²) in [5, 5.41) is 9.48. The number of benzene rings is 2. The van der Waals surface area contributed by atoms with Gasteiger partial charge in [0.05, 0.1) is 0 Å². The van der Waals surface area contributed by atoms with E-state index < -0.39 is 12.6 Å². The van der Waals surface area contributed by atoms with E-state index in [4.69, 9.17) is 5.11 Å².